The van der Waals surface area contributed by atoms with Crippen LogP contribution in [0.25, 0.3) is 0 Å². The summed E-state index contributed by atoms with van der Waals surface area (Å²) in [6.07, 6.45) is 19.6. The molecule has 0 amide bonds. The van der Waals surface area contributed by atoms with Crippen molar-refractivity contribution in [1.82, 2.24) is 9.78 Å². The summed E-state index contributed by atoms with van der Waals surface area (Å²) >= 11 is 0. The largest absolute Gasteiger partial charge is 0.266 e. The van der Waals surface area contributed by atoms with Crippen molar-refractivity contribution in [3.05, 3.63) is 17.0 Å². The van der Waals surface area contributed by atoms with Gasteiger partial charge in [-0.2, -0.15) is 5.10 Å². The summed E-state index contributed by atoms with van der Waals surface area (Å²) in [7, 11) is 0. The van der Waals surface area contributed by atoms with E-state index in [2.05, 4.69) is 18.5 Å². The quantitative estimate of drug-likeness (QED) is 0.576. The third-order valence-corrected chi connectivity index (χ3v) is 7.55. The molecule has 1 aromatic rings. The molecule has 0 spiro atoms. The Labute approximate surface area is 154 Å². The van der Waals surface area contributed by atoms with Gasteiger partial charge < -0.3 is 0 Å². The first-order valence-corrected chi connectivity index (χ1v) is 11.3. The van der Waals surface area contributed by atoms with E-state index in [1.165, 1.54) is 95.6 Å². The third kappa shape index (κ3) is 3.69. The van der Waals surface area contributed by atoms with E-state index < -0.39 is 0 Å². The van der Waals surface area contributed by atoms with Gasteiger partial charge in [0.2, 0.25) is 0 Å². The summed E-state index contributed by atoms with van der Waals surface area (Å²) in [6.45, 7) is 4.85. The Kier molecular flexibility index (Phi) is 5.53. The molecule has 3 fully saturated rings. The van der Waals surface area contributed by atoms with Gasteiger partial charge in [0.25, 0.3) is 0 Å². The Balaban J connectivity index is 1.66. The highest BCUT2D eigenvalue weighted by Gasteiger charge is 2.31. The second kappa shape index (κ2) is 7.84. The van der Waals surface area contributed by atoms with Gasteiger partial charge in [-0.15, -0.1) is 0 Å². The molecule has 0 aromatic carbocycles. The molecule has 140 valence electrons. The van der Waals surface area contributed by atoms with Gasteiger partial charge in [-0.05, 0) is 69.8 Å². The van der Waals surface area contributed by atoms with Crippen molar-refractivity contribution in [2.75, 3.05) is 0 Å². The second-order valence-corrected chi connectivity index (χ2v) is 9.42. The van der Waals surface area contributed by atoms with Gasteiger partial charge >= 0.3 is 0 Å². The van der Waals surface area contributed by atoms with Crippen LogP contribution in [0.3, 0.4) is 0 Å². The zero-order chi connectivity index (χ0) is 17.2. The van der Waals surface area contributed by atoms with Crippen LogP contribution in [0.15, 0.2) is 0 Å². The van der Waals surface area contributed by atoms with Crippen molar-refractivity contribution >= 4 is 0 Å². The van der Waals surface area contributed by atoms with E-state index in [1.807, 2.05) is 0 Å². The summed E-state index contributed by atoms with van der Waals surface area (Å²) in [6, 6.07) is 0.684. The maximum Gasteiger partial charge on any atom is 0.0687 e. The van der Waals surface area contributed by atoms with E-state index in [1.54, 1.807) is 11.3 Å². The topological polar surface area (TPSA) is 17.8 Å². The molecule has 0 atom stereocenters. The fourth-order valence-corrected chi connectivity index (χ4v) is 5.95. The summed E-state index contributed by atoms with van der Waals surface area (Å²) in [5, 5.41) is 5.37. The van der Waals surface area contributed by atoms with Gasteiger partial charge in [-0.25, -0.2) is 0 Å². The van der Waals surface area contributed by atoms with Gasteiger partial charge in [0.1, 0.15) is 0 Å². The van der Waals surface area contributed by atoms with Gasteiger partial charge in [-0.1, -0.05) is 45.4 Å². The number of hydrogen-bond acceptors (Lipinski definition) is 1. The molecular formula is C23H38N2. The smallest absolute Gasteiger partial charge is 0.0687 e. The predicted octanol–water partition coefficient (Wildman–Crippen LogP) is 7.04. The maximum absolute atomic E-state index is 5.37. The first-order chi connectivity index (χ1) is 12.2. The van der Waals surface area contributed by atoms with E-state index in [-0.39, 0.29) is 0 Å². The van der Waals surface area contributed by atoms with Gasteiger partial charge in [0.15, 0.2) is 0 Å². The van der Waals surface area contributed by atoms with Gasteiger partial charge in [0, 0.05) is 17.5 Å². The Hall–Kier alpha value is -0.790. The Morgan fingerprint density at radius 3 is 1.88 bits per heavy atom. The molecule has 0 unspecified atom stereocenters. The Morgan fingerprint density at radius 2 is 1.28 bits per heavy atom. The Morgan fingerprint density at radius 1 is 0.720 bits per heavy atom. The fourth-order valence-electron chi connectivity index (χ4n) is 5.95. The molecule has 3 aliphatic carbocycles. The SMILES string of the molecule is Cc1c(C2CCCCC2)nn(C2CCC(C)CC2)c1C1CCCCC1. The van der Waals surface area contributed by atoms with Crippen molar-refractivity contribution in [1.29, 1.82) is 0 Å². The lowest BCUT2D eigenvalue weighted by Crippen LogP contribution is -2.22. The van der Waals surface area contributed by atoms with E-state index in [0.29, 0.717) is 6.04 Å². The summed E-state index contributed by atoms with van der Waals surface area (Å²) in [5.74, 6) is 2.46. The molecule has 4 rings (SSSR count). The lowest BCUT2D eigenvalue weighted by Gasteiger charge is -2.31. The number of nitrogens with zero attached hydrogens (tertiary/aromatic N) is 2. The van der Waals surface area contributed by atoms with E-state index in [0.717, 1.165) is 17.8 Å². The third-order valence-electron chi connectivity index (χ3n) is 7.55. The predicted molar refractivity (Wildman–Crippen MR) is 105 cm³/mol. The van der Waals surface area contributed by atoms with Crippen molar-refractivity contribution in [2.24, 2.45) is 5.92 Å². The van der Waals surface area contributed by atoms with Crippen molar-refractivity contribution in [3.63, 3.8) is 0 Å². The van der Waals surface area contributed by atoms with Crippen LogP contribution in [0, 0.1) is 12.8 Å². The molecule has 1 aromatic heterocycles. The van der Waals surface area contributed by atoms with Crippen LogP contribution in [0.4, 0.5) is 0 Å². The molecule has 1 heterocycles. The highest BCUT2D eigenvalue weighted by molar-refractivity contribution is 5.31. The molecule has 25 heavy (non-hydrogen) atoms. The Bertz CT molecular complexity index is 553. The minimum absolute atomic E-state index is 0.684. The number of rotatable bonds is 3. The molecule has 2 nitrogen and oxygen atoms in total. The average molecular weight is 343 g/mol. The average Bonchev–Trinajstić information content (AvgIpc) is 3.01. The standard InChI is InChI=1S/C23H38N2/c1-17-13-15-21(16-14-17)25-23(20-11-7-4-8-12-20)18(2)22(24-25)19-9-5-3-6-10-19/h17,19-21H,3-16H2,1-2H3. The number of aromatic nitrogens is 2. The van der Waals surface area contributed by atoms with Crippen LogP contribution in [0.1, 0.15) is 132 Å². The van der Waals surface area contributed by atoms with Crippen molar-refractivity contribution in [3.8, 4) is 0 Å². The lowest BCUT2D eigenvalue weighted by atomic mass is 9.81. The highest BCUT2D eigenvalue weighted by Crippen LogP contribution is 2.43. The zero-order valence-electron chi connectivity index (χ0n) is 16.6. The van der Waals surface area contributed by atoms with Crippen LogP contribution in [-0.4, -0.2) is 9.78 Å². The fraction of sp³-hybridized carbons (Fsp3) is 0.870. The van der Waals surface area contributed by atoms with Crippen LogP contribution < -0.4 is 0 Å². The molecule has 2 heteroatoms. The van der Waals surface area contributed by atoms with Crippen molar-refractivity contribution in [2.45, 2.75) is 122 Å². The summed E-state index contributed by atoms with van der Waals surface area (Å²) in [4.78, 5) is 0. The first-order valence-electron chi connectivity index (χ1n) is 11.3. The first kappa shape index (κ1) is 17.6. The molecule has 0 radical (unpaired) electrons. The van der Waals surface area contributed by atoms with Crippen LogP contribution >= 0.6 is 0 Å². The molecular weight excluding hydrogens is 304 g/mol. The summed E-state index contributed by atoms with van der Waals surface area (Å²) in [5.41, 5.74) is 4.76. The zero-order valence-corrected chi connectivity index (χ0v) is 16.6. The monoisotopic (exact) mass is 342 g/mol. The molecule has 0 aliphatic heterocycles. The normalized spacial score (nSPS) is 29.8. The summed E-state index contributed by atoms with van der Waals surface area (Å²) < 4.78 is 2.58. The highest BCUT2D eigenvalue weighted by atomic mass is 15.3. The molecule has 3 aliphatic rings. The minimum atomic E-state index is 0.684. The van der Waals surface area contributed by atoms with Gasteiger partial charge in [0.05, 0.1) is 11.7 Å². The van der Waals surface area contributed by atoms with Crippen LogP contribution in [0.5, 0.6) is 0 Å². The minimum Gasteiger partial charge on any atom is -0.266 e. The molecule has 3 saturated carbocycles. The van der Waals surface area contributed by atoms with Crippen molar-refractivity contribution < 1.29 is 0 Å². The van der Waals surface area contributed by atoms with Crippen LogP contribution in [0.2, 0.25) is 0 Å². The van der Waals surface area contributed by atoms with E-state index in [4.69, 9.17) is 5.10 Å². The van der Waals surface area contributed by atoms with Gasteiger partial charge in [-0.3, -0.25) is 4.68 Å². The van der Waals surface area contributed by atoms with E-state index in [9.17, 15) is 0 Å². The maximum atomic E-state index is 5.37. The molecule has 0 N–H and O–H groups in total. The number of hydrogen-bond donors (Lipinski definition) is 0. The second-order valence-electron chi connectivity index (χ2n) is 9.42. The molecule has 0 saturated heterocycles. The lowest BCUT2D eigenvalue weighted by molar-refractivity contribution is 0.260. The molecule has 0 bridgehead atoms. The van der Waals surface area contributed by atoms with Crippen LogP contribution in [-0.2, 0) is 0 Å². The van der Waals surface area contributed by atoms with E-state index >= 15 is 0 Å².